The van der Waals surface area contributed by atoms with Crippen LogP contribution in [0.2, 0.25) is 0 Å². The van der Waals surface area contributed by atoms with E-state index in [1.54, 1.807) is 0 Å². The molecule has 0 aliphatic rings. The van der Waals surface area contributed by atoms with Gasteiger partial charge in [0.25, 0.3) is 0 Å². The normalized spacial score (nSPS) is 10.8. The molecule has 8 heteroatoms. The number of H-pyrrole nitrogens is 2. The van der Waals surface area contributed by atoms with Crippen molar-refractivity contribution in [2.45, 2.75) is 12.8 Å². The quantitative estimate of drug-likeness (QED) is 0.640. The van der Waals surface area contributed by atoms with Crippen LogP contribution in [0, 0.1) is 0 Å². The van der Waals surface area contributed by atoms with Crippen molar-refractivity contribution in [1.29, 1.82) is 0 Å². The van der Waals surface area contributed by atoms with Crippen LogP contribution in [0.15, 0.2) is 9.59 Å². The minimum Gasteiger partial charge on any atom is -0.494 e. The molecule has 0 radical (unpaired) electrons. The maximum atomic E-state index is 10.9. The van der Waals surface area contributed by atoms with Crippen molar-refractivity contribution < 1.29 is 10.2 Å². The summed E-state index contributed by atoms with van der Waals surface area (Å²) < 4.78 is 0. The van der Waals surface area contributed by atoms with Gasteiger partial charge >= 0.3 is 9.75 Å². The molecule has 0 spiro atoms. The van der Waals surface area contributed by atoms with Gasteiger partial charge in [-0.1, -0.05) is 22.7 Å². The largest absolute Gasteiger partial charge is 0.494 e. The fourth-order valence-corrected chi connectivity index (χ4v) is 2.72. The predicted octanol–water partition coefficient (Wildman–Crippen LogP) is 0.383. The van der Waals surface area contributed by atoms with Crippen LogP contribution in [0.3, 0.4) is 0 Å². The molecule has 6 nitrogen and oxygen atoms in total. The van der Waals surface area contributed by atoms with Gasteiger partial charge in [0.1, 0.15) is 0 Å². The number of hydrogen-bond donors (Lipinski definition) is 4. The van der Waals surface area contributed by atoms with E-state index in [-0.39, 0.29) is 21.5 Å². The van der Waals surface area contributed by atoms with Crippen molar-refractivity contribution in [1.82, 2.24) is 9.97 Å². The first-order chi connectivity index (χ1) is 7.56. The molecule has 2 aromatic heterocycles. The molecular weight excluding hydrogens is 252 g/mol. The van der Waals surface area contributed by atoms with Crippen LogP contribution in [0.1, 0.15) is 9.75 Å². The zero-order chi connectivity index (χ0) is 11.7. The Bertz CT molecular complexity index is 552. The van der Waals surface area contributed by atoms with Crippen LogP contribution in [0.25, 0.3) is 0 Å². The van der Waals surface area contributed by atoms with Crippen LogP contribution in [0.4, 0.5) is 0 Å². The molecular formula is C8H8N2O4S2. The van der Waals surface area contributed by atoms with E-state index in [4.69, 9.17) is 0 Å². The fraction of sp³-hybridized carbons (Fsp3) is 0.250. The van der Waals surface area contributed by atoms with Gasteiger partial charge in [-0.15, -0.1) is 0 Å². The van der Waals surface area contributed by atoms with E-state index in [0.29, 0.717) is 22.6 Å². The summed E-state index contributed by atoms with van der Waals surface area (Å²) >= 11 is 1.84. The molecule has 0 saturated carbocycles. The molecule has 2 heterocycles. The van der Waals surface area contributed by atoms with Crippen molar-refractivity contribution in [3.8, 4) is 11.8 Å². The highest BCUT2D eigenvalue weighted by Crippen LogP contribution is 2.22. The van der Waals surface area contributed by atoms with Gasteiger partial charge in [0.15, 0.2) is 0 Å². The summed E-state index contributed by atoms with van der Waals surface area (Å²) in [5.41, 5.74) is 0. The Morgan fingerprint density at radius 3 is 1.50 bits per heavy atom. The summed E-state index contributed by atoms with van der Waals surface area (Å²) in [7, 11) is 0. The van der Waals surface area contributed by atoms with E-state index in [9.17, 15) is 19.8 Å². The second-order valence-electron chi connectivity index (χ2n) is 3.07. The molecule has 0 aliphatic heterocycles. The highest BCUT2D eigenvalue weighted by Gasteiger charge is 2.10. The molecule has 0 unspecified atom stereocenters. The smallest absolute Gasteiger partial charge is 0.307 e. The topological polar surface area (TPSA) is 106 Å². The lowest BCUT2D eigenvalue weighted by Crippen LogP contribution is -1.89. The summed E-state index contributed by atoms with van der Waals surface area (Å²) in [4.78, 5) is 26.7. The van der Waals surface area contributed by atoms with Crippen LogP contribution >= 0.6 is 22.7 Å². The predicted molar refractivity (Wildman–Crippen MR) is 60.6 cm³/mol. The third-order valence-corrected chi connectivity index (χ3v) is 3.84. The van der Waals surface area contributed by atoms with Gasteiger partial charge < -0.3 is 10.2 Å². The lowest BCUT2D eigenvalue weighted by molar-refractivity contribution is 0.445. The summed E-state index contributed by atoms with van der Waals surface area (Å²) in [6.45, 7) is 0. The third kappa shape index (κ3) is 2.17. The monoisotopic (exact) mass is 260 g/mol. The Labute approximate surface area is 96.8 Å². The van der Waals surface area contributed by atoms with Gasteiger partial charge in [-0.3, -0.25) is 19.6 Å². The summed E-state index contributed by atoms with van der Waals surface area (Å²) in [6.07, 6.45) is 0.799. The molecule has 0 bridgehead atoms. The SMILES string of the molecule is O=c1[nH]c(O)c(CCc2sc(=O)[nH]c2O)s1. The molecule has 0 atom stereocenters. The van der Waals surface area contributed by atoms with Gasteiger partial charge in [0, 0.05) is 0 Å². The van der Waals surface area contributed by atoms with Gasteiger partial charge in [-0.25, -0.2) is 0 Å². The standard InChI is InChI=1S/C8H8N2O4S2/c11-5-3(15-7(13)9-5)1-2-4-6(12)10-8(14)16-4/h11-12H,1-2H2,(H,9,13)(H,10,14). The van der Waals surface area contributed by atoms with Crippen LogP contribution in [-0.4, -0.2) is 20.2 Å². The van der Waals surface area contributed by atoms with Crippen molar-refractivity contribution in [2.24, 2.45) is 0 Å². The van der Waals surface area contributed by atoms with Gasteiger partial charge in [0.05, 0.1) is 9.75 Å². The summed E-state index contributed by atoms with van der Waals surface area (Å²) in [5.74, 6) is -0.283. The molecule has 2 aromatic rings. The Hall–Kier alpha value is -1.54. The van der Waals surface area contributed by atoms with E-state index < -0.39 is 0 Å². The highest BCUT2D eigenvalue weighted by atomic mass is 32.1. The lowest BCUT2D eigenvalue weighted by atomic mass is 10.2. The maximum absolute atomic E-state index is 10.9. The number of hydrogen-bond acceptors (Lipinski definition) is 6. The van der Waals surface area contributed by atoms with Gasteiger partial charge in [-0.2, -0.15) is 0 Å². The minimum atomic E-state index is -0.320. The molecule has 0 amide bonds. The fourth-order valence-electron chi connectivity index (χ4n) is 1.27. The first-order valence-electron chi connectivity index (χ1n) is 4.38. The second-order valence-corrected chi connectivity index (χ2v) is 5.21. The average molecular weight is 260 g/mol. The molecule has 0 aliphatic carbocycles. The number of aromatic amines is 2. The molecule has 4 N–H and O–H groups in total. The molecule has 86 valence electrons. The second kappa shape index (κ2) is 4.14. The number of rotatable bonds is 3. The Morgan fingerprint density at radius 1 is 0.875 bits per heavy atom. The summed E-state index contributed by atoms with van der Waals surface area (Å²) in [6, 6.07) is 0. The van der Waals surface area contributed by atoms with E-state index in [0.717, 1.165) is 22.7 Å². The van der Waals surface area contributed by atoms with Gasteiger partial charge in [0.2, 0.25) is 11.8 Å². The maximum Gasteiger partial charge on any atom is 0.307 e. The average Bonchev–Trinajstić information content (AvgIpc) is 2.66. The van der Waals surface area contributed by atoms with Crippen molar-refractivity contribution in [3.63, 3.8) is 0 Å². The Morgan fingerprint density at radius 2 is 1.25 bits per heavy atom. The molecule has 0 saturated heterocycles. The minimum absolute atomic E-state index is 0.141. The number of thiazole rings is 2. The number of nitrogens with one attached hydrogen (secondary N) is 2. The van der Waals surface area contributed by atoms with E-state index in [1.165, 1.54) is 0 Å². The molecule has 0 aromatic carbocycles. The van der Waals surface area contributed by atoms with Crippen molar-refractivity contribution >= 4 is 22.7 Å². The lowest BCUT2D eigenvalue weighted by Gasteiger charge is -1.96. The Kier molecular flexibility index (Phi) is 2.84. The molecule has 0 fully saturated rings. The van der Waals surface area contributed by atoms with Crippen molar-refractivity contribution in [2.75, 3.05) is 0 Å². The Balaban J connectivity index is 2.13. The highest BCUT2D eigenvalue weighted by molar-refractivity contribution is 7.10. The number of aromatic hydroxyl groups is 2. The zero-order valence-corrected chi connectivity index (χ0v) is 9.57. The number of aromatic nitrogens is 2. The molecule has 2 rings (SSSR count). The van der Waals surface area contributed by atoms with E-state index in [2.05, 4.69) is 9.97 Å². The van der Waals surface area contributed by atoms with Crippen LogP contribution in [-0.2, 0) is 12.8 Å². The van der Waals surface area contributed by atoms with E-state index in [1.807, 2.05) is 0 Å². The third-order valence-electron chi connectivity index (χ3n) is 1.98. The van der Waals surface area contributed by atoms with E-state index >= 15 is 0 Å². The number of aryl methyl sites for hydroxylation is 2. The first kappa shape index (κ1) is 11.0. The molecule has 16 heavy (non-hydrogen) atoms. The first-order valence-corrected chi connectivity index (χ1v) is 6.01. The summed E-state index contributed by atoms with van der Waals surface area (Å²) in [5, 5.41) is 18.6. The zero-order valence-electron chi connectivity index (χ0n) is 7.94. The van der Waals surface area contributed by atoms with Crippen LogP contribution in [0.5, 0.6) is 11.8 Å². The van der Waals surface area contributed by atoms with Crippen molar-refractivity contribution in [3.05, 3.63) is 29.1 Å². The van der Waals surface area contributed by atoms with Crippen LogP contribution < -0.4 is 9.75 Å². The van der Waals surface area contributed by atoms with Gasteiger partial charge in [-0.05, 0) is 12.8 Å².